The summed E-state index contributed by atoms with van der Waals surface area (Å²) >= 11 is 5.88. The number of benzene rings is 2. The Morgan fingerprint density at radius 3 is 2.73 bits per heavy atom. The quantitative estimate of drug-likeness (QED) is 0.654. The highest BCUT2D eigenvalue weighted by molar-refractivity contribution is 6.30. The van der Waals surface area contributed by atoms with Crippen LogP contribution in [0.15, 0.2) is 53.6 Å². The van der Waals surface area contributed by atoms with E-state index in [1.54, 1.807) is 25.3 Å². The predicted molar refractivity (Wildman–Crippen MR) is 91.5 cm³/mol. The maximum absolute atomic E-state index is 12.0. The lowest BCUT2D eigenvalue weighted by Crippen LogP contribution is -2.35. The van der Waals surface area contributed by atoms with Gasteiger partial charge in [0.05, 0.1) is 6.21 Å². The molecule has 0 unspecified atom stereocenters. The lowest BCUT2D eigenvalue weighted by atomic mass is 10.2. The lowest BCUT2D eigenvalue weighted by Gasteiger charge is -2.15. The Kier molecular flexibility index (Phi) is 5.55. The van der Waals surface area contributed by atoms with Crippen molar-refractivity contribution in [2.24, 2.45) is 5.10 Å². The van der Waals surface area contributed by atoms with E-state index in [-0.39, 0.29) is 5.91 Å². The van der Waals surface area contributed by atoms with E-state index in [0.29, 0.717) is 5.02 Å². The highest BCUT2D eigenvalue weighted by Gasteiger charge is 2.12. The molecule has 0 aromatic heterocycles. The van der Waals surface area contributed by atoms with Gasteiger partial charge in [-0.15, -0.1) is 0 Å². The minimum atomic E-state index is -0.391. The van der Waals surface area contributed by atoms with Crippen LogP contribution in [-0.4, -0.2) is 18.2 Å². The number of anilines is 1. The molecule has 4 nitrogen and oxygen atoms in total. The molecule has 0 radical (unpaired) electrons. The highest BCUT2D eigenvalue weighted by Crippen LogP contribution is 2.14. The van der Waals surface area contributed by atoms with Gasteiger partial charge in [-0.05, 0) is 43.2 Å². The van der Waals surface area contributed by atoms with Gasteiger partial charge in [0, 0.05) is 10.7 Å². The van der Waals surface area contributed by atoms with Gasteiger partial charge < -0.3 is 5.32 Å². The monoisotopic (exact) mass is 315 g/mol. The van der Waals surface area contributed by atoms with Gasteiger partial charge in [-0.25, -0.2) is 5.43 Å². The number of halogens is 1. The molecule has 22 heavy (non-hydrogen) atoms. The van der Waals surface area contributed by atoms with Crippen LogP contribution in [0.1, 0.15) is 18.1 Å². The minimum absolute atomic E-state index is 0.207. The molecule has 1 atom stereocenters. The molecule has 0 aliphatic rings. The summed E-state index contributed by atoms with van der Waals surface area (Å²) in [5.41, 5.74) is 5.36. The third-order valence-electron chi connectivity index (χ3n) is 3.15. The van der Waals surface area contributed by atoms with Crippen molar-refractivity contribution in [1.29, 1.82) is 0 Å². The van der Waals surface area contributed by atoms with E-state index >= 15 is 0 Å². The second kappa shape index (κ2) is 7.61. The zero-order valence-corrected chi connectivity index (χ0v) is 13.3. The molecule has 2 aromatic rings. The van der Waals surface area contributed by atoms with Gasteiger partial charge in [0.25, 0.3) is 5.91 Å². The average molecular weight is 316 g/mol. The van der Waals surface area contributed by atoms with E-state index in [1.807, 2.05) is 43.3 Å². The van der Waals surface area contributed by atoms with Crippen molar-refractivity contribution in [3.63, 3.8) is 0 Å². The third-order valence-corrected chi connectivity index (χ3v) is 3.38. The summed E-state index contributed by atoms with van der Waals surface area (Å²) in [5.74, 6) is -0.207. The normalized spacial score (nSPS) is 12.1. The Hall–Kier alpha value is -2.33. The van der Waals surface area contributed by atoms with Crippen molar-refractivity contribution in [2.75, 3.05) is 5.32 Å². The Morgan fingerprint density at radius 2 is 2.00 bits per heavy atom. The zero-order chi connectivity index (χ0) is 15.9. The van der Waals surface area contributed by atoms with Gasteiger partial charge in [0.2, 0.25) is 0 Å². The van der Waals surface area contributed by atoms with Crippen LogP contribution in [0.25, 0.3) is 0 Å². The van der Waals surface area contributed by atoms with E-state index in [9.17, 15) is 4.79 Å². The van der Waals surface area contributed by atoms with Gasteiger partial charge in [0.15, 0.2) is 0 Å². The summed E-state index contributed by atoms with van der Waals surface area (Å²) in [6, 6.07) is 14.7. The molecular weight excluding hydrogens is 298 g/mol. The van der Waals surface area contributed by atoms with E-state index in [2.05, 4.69) is 15.8 Å². The molecule has 0 saturated heterocycles. The molecule has 0 spiro atoms. The summed E-state index contributed by atoms with van der Waals surface area (Å²) in [4.78, 5) is 12.0. The number of nitrogens with zero attached hydrogens (tertiary/aromatic N) is 1. The smallest absolute Gasteiger partial charge is 0.262 e. The number of amides is 1. The van der Waals surface area contributed by atoms with Gasteiger partial charge in [-0.1, -0.05) is 41.9 Å². The van der Waals surface area contributed by atoms with E-state index in [0.717, 1.165) is 16.8 Å². The van der Waals surface area contributed by atoms with Crippen molar-refractivity contribution < 1.29 is 4.79 Å². The first-order valence-corrected chi connectivity index (χ1v) is 7.34. The van der Waals surface area contributed by atoms with Crippen molar-refractivity contribution in [1.82, 2.24) is 5.43 Å². The van der Waals surface area contributed by atoms with Crippen LogP contribution >= 0.6 is 11.6 Å². The molecule has 0 aliphatic heterocycles. The molecule has 114 valence electrons. The van der Waals surface area contributed by atoms with Crippen molar-refractivity contribution >= 4 is 29.4 Å². The fourth-order valence-electron chi connectivity index (χ4n) is 1.89. The Balaban J connectivity index is 1.90. The third kappa shape index (κ3) is 4.60. The second-order valence-corrected chi connectivity index (χ2v) is 5.41. The Morgan fingerprint density at radius 1 is 1.23 bits per heavy atom. The summed E-state index contributed by atoms with van der Waals surface area (Å²) in [6.07, 6.45) is 1.56. The summed E-state index contributed by atoms with van der Waals surface area (Å²) in [7, 11) is 0. The fraction of sp³-hybridized carbons (Fsp3) is 0.176. The van der Waals surface area contributed by atoms with Crippen molar-refractivity contribution in [2.45, 2.75) is 19.9 Å². The number of hydrazone groups is 1. The number of hydrogen-bond donors (Lipinski definition) is 2. The number of para-hydroxylation sites is 1. The average Bonchev–Trinajstić information content (AvgIpc) is 2.49. The van der Waals surface area contributed by atoms with Crippen LogP contribution < -0.4 is 10.7 Å². The van der Waals surface area contributed by atoms with E-state index in [4.69, 9.17) is 11.6 Å². The van der Waals surface area contributed by atoms with Gasteiger partial charge in [-0.3, -0.25) is 4.79 Å². The fourth-order valence-corrected chi connectivity index (χ4v) is 2.09. The molecule has 5 heteroatoms. The maximum Gasteiger partial charge on any atom is 0.262 e. The molecule has 0 heterocycles. The van der Waals surface area contributed by atoms with Gasteiger partial charge in [-0.2, -0.15) is 5.10 Å². The molecule has 2 rings (SSSR count). The Labute approximate surface area is 135 Å². The van der Waals surface area contributed by atoms with Crippen LogP contribution in [0.4, 0.5) is 5.69 Å². The van der Waals surface area contributed by atoms with Crippen molar-refractivity contribution in [3.05, 3.63) is 64.7 Å². The van der Waals surface area contributed by atoms with Crippen LogP contribution in [0.2, 0.25) is 5.02 Å². The van der Waals surface area contributed by atoms with Crippen LogP contribution in [0, 0.1) is 6.92 Å². The van der Waals surface area contributed by atoms with Gasteiger partial charge in [0.1, 0.15) is 6.04 Å². The molecule has 0 fully saturated rings. The molecule has 2 N–H and O–H groups in total. The van der Waals surface area contributed by atoms with E-state index in [1.165, 1.54) is 0 Å². The maximum atomic E-state index is 12.0. The Bertz CT molecular complexity index is 685. The van der Waals surface area contributed by atoms with Crippen LogP contribution in [0.5, 0.6) is 0 Å². The lowest BCUT2D eigenvalue weighted by molar-refractivity contribution is -0.121. The first kappa shape index (κ1) is 16.0. The molecule has 2 aromatic carbocycles. The second-order valence-electron chi connectivity index (χ2n) is 4.97. The SMILES string of the molecule is Cc1ccccc1N[C@H](C)C(=O)NN=Cc1cccc(Cl)c1. The number of nitrogens with one attached hydrogen (secondary N) is 2. The summed E-state index contributed by atoms with van der Waals surface area (Å²) in [6.45, 7) is 3.78. The summed E-state index contributed by atoms with van der Waals surface area (Å²) < 4.78 is 0. The minimum Gasteiger partial charge on any atom is -0.374 e. The first-order valence-electron chi connectivity index (χ1n) is 6.97. The first-order chi connectivity index (χ1) is 10.6. The molecule has 0 aliphatic carbocycles. The largest absolute Gasteiger partial charge is 0.374 e. The zero-order valence-electron chi connectivity index (χ0n) is 12.5. The number of rotatable bonds is 5. The predicted octanol–water partition coefficient (Wildman–Crippen LogP) is 3.60. The van der Waals surface area contributed by atoms with Gasteiger partial charge >= 0.3 is 0 Å². The summed E-state index contributed by atoms with van der Waals surface area (Å²) in [5, 5.41) is 7.73. The van der Waals surface area contributed by atoms with Crippen LogP contribution in [0.3, 0.4) is 0 Å². The standard InChI is InChI=1S/C17H18ClN3O/c1-12-6-3-4-9-16(12)20-13(2)17(22)21-19-11-14-7-5-8-15(18)10-14/h3-11,13,20H,1-2H3,(H,21,22)/t13-/m1/s1. The topological polar surface area (TPSA) is 53.5 Å². The molecule has 0 saturated carbocycles. The highest BCUT2D eigenvalue weighted by atomic mass is 35.5. The molecule has 1 amide bonds. The number of hydrogen-bond acceptors (Lipinski definition) is 3. The number of carbonyl (C=O) groups excluding carboxylic acids is 1. The number of carbonyl (C=O) groups is 1. The molecular formula is C17H18ClN3O. The van der Waals surface area contributed by atoms with Crippen LogP contribution in [-0.2, 0) is 4.79 Å². The van der Waals surface area contributed by atoms with E-state index < -0.39 is 6.04 Å². The molecule has 0 bridgehead atoms. The number of aryl methyl sites for hydroxylation is 1. The van der Waals surface area contributed by atoms with Crippen molar-refractivity contribution in [3.8, 4) is 0 Å².